The number of esters is 1. The minimum Gasteiger partial charge on any atom is -0.463 e. The Bertz CT molecular complexity index is 489. The highest BCUT2D eigenvalue weighted by Crippen LogP contribution is 2.15. The van der Waals surface area contributed by atoms with Crippen molar-refractivity contribution in [1.82, 2.24) is 0 Å². The van der Waals surface area contributed by atoms with E-state index in [0.29, 0.717) is 0 Å². The molecule has 0 bridgehead atoms. The van der Waals surface area contributed by atoms with Crippen LogP contribution in [0.15, 0.2) is 0 Å². The summed E-state index contributed by atoms with van der Waals surface area (Å²) in [5.41, 5.74) is 0. The molecule has 7 heteroatoms. The monoisotopic (exact) mass is 532 g/mol. The highest BCUT2D eigenvalue weighted by Gasteiger charge is 2.30. The van der Waals surface area contributed by atoms with Crippen LogP contribution in [-0.2, 0) is 9.53 Å². The molecule has 0 aliphatic rings. The minimum absolute atomic E-state index is 0.254. The molecule has 0 rings (SSSR count). The number of carbonyl (C=O) groups excluding carboxylic acids is 1. The highest BCUT2D eigenvalue weighted by molar-refractivity contribution is 5.69. The molecule has 0 saturated carbocycles. The molecule has 0 heterocycles. The van der Waals surface area contributed by atoms with E-state index in [1.54, 1.807) is 0 Å². The van der Waals surface area contributed by atoms with Crippen molar-refractivity contribution in [2.24, 2.45) is 0 Å². The lowest BCUT2D eigenvalue weighted by Gasteiger charge is -2.25. The first-order valence-electron chi connectivity index (χ1n) is 15.4. The van der Waals surface area contributed by atoms with Gasteiger partial charge in [-0.25, -0.2) is 0 Å². The molecule has 0 saturated heterocycles. The number of hydrogen-bond acceptors (Lipinski definition) is 7. The maximum Gasteiger partial charge on any atom is 0.305 e. The van der Waals surface area contributed by atoms with Crippen LogP contribution in [0.3, 0.4) is 0 Å². The van der Waals surface area contributed by atoms with Gasteiger partial charge in [-0.1, -0.05) is 135 Å². The van der Waals surface area contributed by atoms with Crippen LogP contribution in [0.4, 0.5) is 0 Å². The molecule has 0 fully saturated rings. The van der Waals surface area contributed by atoms with Crippen molar-refractivity contribution in [1.29, 1.82) is 0 Å². The van der Waals surface area contributed by atoms with Crippen molar-refractivity contribution >= 4 is 5.97 Å². The smallest absolute Gasteiger partial charge is 0.305 e. The minimum atomic E-state index is -1.71. The standard InChI is InChI=1S/C30H60O7/c1-2-3-4-5-6-7-8-9-10-11-12-13-14-15-16-17-18-19-20-21-22-23-28(34)37-25-27(33)30(36)29(35)26(32)24-31/h26-27,29-33,35-36H,2-25H2,1H3/t26-,27-,29-,30-/m1/s1. The molecule has 0 spiro atoms. The maximum atomic E-state index is 11.8. The lowest BCUT2D eigenvalue weighted by molar-refractivity contribution is -0.156. The van der Waals surface area contributed by atoms with E-state index in [9.17, 15) is 25.2 Å². The molecule has 5 N–H and O–H groups in total. The Balaban J connectivity index is 3.35. The Morgan fingerprint density at radius 2 is 0.865 bits per heavy atom. The summed E-state index contributed by atoms with van der Waals surface area (Å²) >= 11 is 0. The lowest BCUT2D eigenvalue weighted by Crippen LogP contribution is -2.47. The summed E-state index contributed by atoms with van der Waals surface area (Å²) in [5, 5.41) is 47.0. The van der Waals surface area contributed by atoms with Crippen LogP contribution in [0.2, 0.25) is 0 Å². The van der Waals surface area contributed by atoms with Crippen LogP contribution in [0, 0.1) is 0 Å². The first-order valence-corrected chi connectivity index (χ1v) is 15.4. The maximum absolute atomic E-state index is 11.8. The van der Waals surface area contributed by atoms with E-state index < -0.39 is 43.6 Å². The molecule has 37 heavy (non-hydrogen) atoms. The fourth-order valence-corrected chi connectivity index (χ4v) is 4.61. The van der Waals surface area contributed by atoms with Gasteiger partial charge in [0.25, 0.3) is 0 Å². The summed E-state index contributed by atoms with van der Waals surface area (Å²) in [7, 11) is 0. The predicted octanol–water partition coefficient (Wildman–Crippen LogP) is 5.57. The quantitative estimate of drug-likeness (QED) is 0.0658. The van der Waals surface area contributed by atoms with Crippen molar-refractivity contribution in [2.75, 3.05) is 13.2 Å². The molecule has 4 atom stereocenters. The molecule has 0 unspecified atom stereocenters. The van der Waals surface area contributed by atoms with Crippen LogP contribution in [0.1, 0.15) is 148 Å². The third-order valence-corrected chi connectivity index (χ3v) is 7.22. The van der Waals surface area contributed by atoms with Gasteiger partial charge < -0.3 is 30.3 Å². The topological polar surface area (TPSA) is 127 Å². The number of aliphatic hydroxyl groups is 5. The Labute approximate surface area is 227 Å². The summed E-state index contributed by atoms with van der Waals surface area (Å²) in [4.78, 5) is 11.8. The second-order valence-corrected chi connectivity index (χ2v) is 10.8. The molecule has 0 aliphatic heterocycles. The largest absolute Gasteiger partial charge is 0.463 e. The fourth-order valence-electron chi connectivity index (χ4n) is 4.61. The van der Waals surface area contributed by atoms with Crippen LogP contribution >= 0.6 is 0 Å². The number of unbranched alkanes of at least 4 members (excludes halogenated alkanes) is 20. The van der Waals surface area contributed by atoms with Gasteiger partial charge in [0.15, 0.2) is 0 Å². The van der Waals surface area contributed by atoms with Crippen molar-refractivity contribution in [3.8, 4) is 0 Å². The van der Waals surface area contributed by atoms with Crippen molar-refractivity contribution in [3.05, 3.63) is 0 Å². The van der Waals surface area contributed by atoms with Gasteiger partial charge in [-0.05, 0) is 6.42 Å². The molecule has 0 aromatic carbocycles. The highest BCUT2D eigenvalue weighted by atomic mass is 16.5. The number of rotatable bonds is 28. The summed E-state index contributed by atoms with van der Waals surface area (Å²) in [6, 6.07) is 0. The van der Waals surface area contributed by atoms with E-state index in [1.165, 1.54) is 116 Å². The fraction of sp³-hybridized carbons (Fsp3) is 0.967. The molecular formula is C30H60O7. The zero-order valence-electron chi connectivity index (χ0n) is 23.8. The van der Waals surface area contributed by atoms with Crippen LogP contribution in [0.25, 0.3) is 0 Å². The van der Waals surface area contributed by atoms with Gasteiger partial charge in [0, 0.05) is 6.42 Å². The Hall–Kier alpha value is -0.730. The van der Waals surface area contributed by atoms with E-state index in [1.807, 2.05) is 0 Å². The van der Waals surface area contributed by atoms with E-state index in [4.69, 9.17) is 9.84 Å². The van der Waals surface area contributed by atoms with Gasteiger partial charge in [-0.2, -0.15) is 0 Å². The number of ether oxygens (including phenoxy) is 1. The normalized spacial score (nSPS) is 14.9. The molecule has 222 valence electrons. The number of carbonyl (C=O) groups is 1. The van der Waals surface area contributed by atoms with Crippen LogP contribution in [0.5, 0.6) is 0 Å². The Morgan fingerprint density at radius 1 is 0.541 bits per heavy atom. The van der Waals surface area contributed by atoms with Gasteiger partial charge in [-0.3, -0.25) is 4.79 Å². The molecule has 0 aromatic heterocycles. The molecular weight excluding hydrogens is 472 g/mol. The van der Waals surface area contributed by atoms with Gasteiger partial charge in [-0.15, -0.1) is 0 Å². The van der Waals surface area contributed by atoms with E-state index in [0.717, 1.165) is 19.3 Å². The molecule has 7 nitrogen and oxygen atoms in total. The third kappa shape index (κ3) is 22.9. The average molecular weight is 533 g/mol. The first-order chi connectivity index (χ1) is 17.9. The van der Waals surface area contributed by atoms with Gasteiger partial charge >= 0.3 is 5.97 Å². The second kappa shape index (κ2) is 26.9. The van der Waals surface area contributed by atoms with Crippen LogP contribution in [-0.4, -0.2) is 69.1 Å². The Kier molecular flexibility index (Phi) is 26.3. The van der Waals surface area contributed by atoms with Crippen molar-refractivity contribution < 1.29 is 35.1 Å². The predicted molar refractivity (Wildman–Crippen MR) is 149 cm³/mol. The van der Waals surface area contributed by atoms with E-state index in [2.05, 4.69) is 6.92 Å². The third-order valence-electron chi connectivity index (χ3n) is 7.22. The summed E-state index contributed by atoms with van der Waals surface area (Å²) in [6.45, 7) is 1.06. The first kappa shape index (κ1) is 36.3. The van der Waals surface area contributed by atoms with Gasteiger partial charge in [0.1, 0.15) is 31.0 Å². The summed E-state index contributed by atoms with van der Waals surface area (Å²) in [6.07, 6.45) is 21.2. The summed E-state index contributed by atoms with van der Waals surface area (Å²) in [5.74, 6) is -0.457. The lowest BCUT2D eigenvalue weighted by atomic mass is 10.0. The molecule has 0 aliphatic carbocycles. The van der Waals surface area contributed by atoms with Crippen molar-refractivity contribution in [2.45, 2.75) is 173 Å². The average Bonchev–Trinajstić information content (AvgIpc) is 2.91. The number of hydrogen-bond donors (Lipinski definition) is 5. The second-order valence-electron chi connectivity index (χ2n) is 10.8. The zero-order valence-corrected chi connectivity index (χ0v) is 23.8. The molecule has 0 amide bonds. The van der Waals surface area contributed by atoms with Crippen molar-refractivity contribution in [3.63, 3.8) is 0 Å². The summed E-state index contributed by atoms with van der Waals surface area (Å²) < 4.78 is 4.93. The number of aliphatic hydroxyl groups excluding tert-OH is 5. The Morgan fingerprint density at radius 3 is 1.22 bits per heavy atom. The SMILES string of the molecule is CCCCCCCCCCCCCCCCCCCCCCCC(=O)OC[C@@H](O)[C@@H](O)[C@H](O)[C@H](O)CO. The molecule has 0 aromatic rings. The van der Waals surface area contributed by atoms with Gasteiger partial charge in [0.2, 0.25) is 0 Å². The van der Waals surface area contributed by atoms with E-state index in [-0.39, 0.29) is 6.42 Å². The van der Waals surface area contributed by atoms with Gasteiger partial charge in [0.05, 0.1) is 6.61 Å². The molecule has 0 radical (unpaired) electrons. The van der Waals surface area contributed by atoms with E-state index >= 15 is 0 Å². The zero-order chi connectivity index (χ0) is 27.6. The van der Waals surface area contributed by atoms with Crippen LogP contribution < -0.4 is 0 Å².